The highest BCUT2D eigenvalue weighted by molar-refractivity contribution is 4.74. The van der Waals surface area contributed by atoms with Gasteiger partial charge in [0.15, 0.2) is 0 Å². The van der Waals surface area contributed by atoms with E-state index in [0.29, 0.717) is 0 Å². The first-order valence-electron chi connectivity index (χ1n) is 1.80. The highest BCUT2D eigenvalue weighted by atomic mass is 16.1. The van der Waals surface area contributed by atoms with Gasteiger partial charge in [-0.2, -0.15) is 4.98 Å². The molecule has 3 heteroatoms. The van der Waals surface area contributed by atoms with Crippen molar-refractivity contribution in [2.75, 3.05) is 0 Å². The summed E-state index contributed by atoms with van der Waals surface area (Å²) in [5, 5.41) is 0. The minimum atomic E-state index is -0.265. The molecule has 7 heavy (non-hydrogen) atoms. The fraction of sp³-hybridized carbons (Fsp3) is 0. The minimum Gasteiger partial charge on any atom is -0.344 e. The van der Waals surface area contributed by atoms with Crippen LogP contribution < -0.4 is 5.56 Å². The first-order chi connectivity index (χ1) is 3.39. The highest BCUT2D eigenvalue weighted by Crippen LogP contribution is 1.55. The van der Waals surface area contributed by atoms with Crippen LogP contribution >= 0.6 is 0 Å². The van der Waals surface area contributed by atoms with Crippen molar-refractivity contribution >= 4 is 0 Å². The number of hydrogen-bond donors (Lipinski definition) is 1. The molecular weight excluding hydrogens is 92.1 g/mol. The van der Waals surface area contributed by atoms with E-state index in [1.807, 2.05) is 0 Å². The van der Waals surface area contributed by atoms with Gasteiger partial charge in [0, 0.05) is 6.07 Å². The van der Waals surface area contributed by atoms with Crippen LogP contribution in [0.5, 0.6) is 0 Å². The molecular formula is C4H3N2O. The van der Waals surface area contributed by atoms with Crippen LogP contribution in [0.15, 0.2) is 17.2 Å². The highest BCUT2D eigenvalue weighted by Gasteiger charge is 1.72. The van der Waals surface area contributed by atoms with E-state index in [2.05, 4.69) is 16.2 Å². The van der Waals surface area contributed by atoms with Crippen LogP contribution in [-0.4, -0.2) is 9.97 Å². The van der Waals surface area contributed by atoms with Crippen LogP contribution in [-0.2, 0) is 0 Å². The van der Waals surface area contributed by atoms with Gasteiger partial charge in [-0.1, -0.05) is 0 Å². The van der Waals surface area contributed by atoms with Gasteiger partial charge in [0.25, 0.3) is 5.56 Å². The minimum absolute atomic E-state index is 0.265. The lowest BCUT2D eigenvalue weighted by atomic mass is 10.7. The van der Waals surface area contributed by atoms with Gasteiger partial charge in [0.05, 0.1) is 12.5 Å². The second-order valence-corrected chi connectivity index (χ2v) is 1.03. The van der Waals surface area contributed by atoms with Gasteiger partial charge in [-0.25, -0.2) is 0 Å². The van der Waals surface area contributed by atoms with E-state index < -0.39 is 0 Å². The fourth-order valence-electron chi connectivity index (χ4n) is 0.274. The molecule has 0 fully saturated rings. The van der Waals surface area contributed by atoms with Crippen molar-refractivity contribution in [3.8, 4) is 0 Å². The Morgan fingerprint density at radius 2 is 2.71 bits per heavy atom. The number of aromatic amines is 1. The van der Waals surface area contributed by atoms with Crippen molar-refractivity contribution in [3.63, 3.8) is 0 Å². The molecule has 0 bridgehead atoms. The van der Waals surface area contributed by atoms with E-state index >= 15 is 0 Å². The average molecular weight is 95.1 g/mol. The number of nitrogens with zero attached hydrogens (tertiary/aromatic N) is 1. The molecule has 0 aliphatic rings. The van der Waals surface area contributed by atoms with Gasteiger partial charge in [-0.3, -0.25) is 4.79 Å². The van der Waals surface area contributed by atoms with Crippen molar-refractivity contribution in [3.05, 3.63) is 28.9 Å². The Bertz CT molecular complexity index is 175. The monoisotopic (exact) mass is 95.0 g/mol. The Morgan fingerprint density at radius 1 is 1.86 bits per heavy atom. The number of aromatic nitrogens is 2. The molecule has 0 aromatic carbocycles. The van der Waals surface area contributed by atoms with Gasteiger partial charge in [0.2, 0.25) is 0 Å². The number of hydrogen-bond acceptors (Lipinski definition) is 2. The molecule has 0 amide bonds. The molecule has 1 rings (SSSR count). The average Bonchev–Trinajstić information content (AvgIpc) is 1.69. The number of nitrogens with one attached hydrogen (secondary N) is 1. The molecule has 0 spiro atoms. The van der Waals surface area contributed by atoms with Crippen LogP contribution in [0.25, 0.3) is 0 Å². The van der Waals surface area contributed by atoms with Gasteiger partial charge < -0.3 is 4.98 Å². The second-order valence-electron chi connectivity index (χ2n) is 1.03. The molecule has 0 aliphatic heterocycles. The predicted octanol–water partition coefficient (Wildman–Crippen LogP) is -0.430. The Morgan fingerprint density at radius 3 is 3.00 bits per heavy atom. The molecule has 0 aliphatic carbocycles. The maximum atomic E-state index is 10.1. The maximum Gasteiger partial charge on any atom is 0.273 e. The van der Waals surface area contributed by atoms with E-state index in [1.54, 1.807) is 0 Å². The standard InChI is InChI=1S/C4H3N2O/c7-4-1-2-5-3-6-4/h1,3H,(H,5,6,7). The van der Waals surface area contributed by atoms with E-state index in [9.17, 15) is 4.79 Å². The van der Waals surface area contributed by atoms with Gasteiger partial charge in [-0.05, 0) is 0 Å². The van der Waals surface area contributed by atoms with Crippen LogP contribution in [0.3, 0.4) is 0 Å². The summed E-state index contributed by atoms with van der Waals surface area (Å²) in [7, 11) is 0. The van der Waals surface area contributed by atoms with Crippen molar-refractivity contribution in [1.29, 1.82) is 0 Å². The number of rotatable bonds is 0. The van der Waals surface area contributed by atoms with Crippen LogP contribution in [0.1, 0.15) is 0 Å². The summed E-state index contributed by atoms with van der Waals surface area (Å²) in [5.74, 6) is 0. The summed E-state index contributed by atoms with van der Waals surface area (Å²) in [6.45, 7) is 0. The van der Waals surface area contributed by atoms with Crippen LogP contribution in [0.2, 0.25) is 0 Å². The normalized spacial score (nSPS) is 8.57. The molecule has 1 radical (unpaired) electrons. The van der Waals surface area contributed by atoms with Crippen LogP contribution in [0, 0.1) is 6.20 Å². The quantitative estimate of drug-likeness (QED) is 0.475. The first kappa shape index (κ1) is 4.05. The molecule has 1 N–H and O–H groups in total. The Labute approximate surface area is 40.0 Å². The van der Waals surface area contributed by atoms with Gasteiger partial charge in [0.1, 0.15) is 0 Å². The summed E-state index contributed by atoms with van der Waals surface area (Å²) in [6.07, 6.45) is 3.75. The van der Waals surface area contributed by atoms with Crippen molar-refractivity contribution < 1.29 is 0 Å². The third-order valence-electron chi connectivity index (χ3n) is 0.535. The molecule has 1 aromatic rings. The largest absolute Gasteiger partial charge is 0.344 e. The third-order valence-corrected chi connectivity index (χ3v) is 0.535. The second kappa shape index (κ2) is 1.55. The zero-order chi connectivity index (χ0) is 5.11. The van der Waals surface area contributed by atoms with Gasteiger partial charge >= 0.3 is 0 Å². The van der Waals surface area contributed by atoms with Crippen LogP contribution in [0.4, 0.5) is 0 Å². The lowest BCUT2D eigenvalue weighted by molar-refractivity contribution is 1.11. The summed E-state index contributed by atoms with van der Waals surface area (Å²) >= 11 is 0. The molecule has 1 heterocycles. The molecule has 3 nitrogen and oxygen atoms in total. The zero-order valence-electron chi connectivity index (χ0n) is 3.51. The Balaban J connectivity index is 3.28. The SMILES string of the molecule is O=c1c[c][nH]cn1. The van der Waals surface area contributed by atoms with E-state index in [0.717, 1.165) is 0 Å². The maximum absolute atomic E-state index is 10.1. The fourth-order valence-corrected chi connectivity index (χ4v) is 0.274. The molecule has 0 saturated carbocycles. The Kier molecular flexibility index (Phi) is 0.898. The Hall–Kier alpha value is -1.12. The predicted molar refractivity (Wildman–Crippen MR) is 23.7 cm³/mol. The molecule has 0 unspecified atom stereocenters. The van der Waals surface area contributed by atoms with Crippen molar-refractivity contribution in [1.82, 2.24) is 9.97 Å². The van der Waals surface area contributed by atoms with E-state index in [-0.39, 0.29) is 5.56 Å². The molecule has 35 valence electrons. The summed E-state index contributed by atoms with van der Waals surface area (Å²) < 4.78 is 0. The summed E-state index contributed by atoms with van der Waals surface area (Å²) in [5.41, 5.74) is -0.265. The zero-order valence-corrected chi connectivity index (χ0v) is 3.51. The molecule has 0 atom stereocenters. The number of H-pyrrole nitrogens is 1. The topological polar surface area (TPSA) is 45.8 Å². The molecule has 0 saturated heterocycles. The van der Waals surface area contributed by atoms with E-state index in [4.69, 9.17) is 0 Å². The van der Waals surface area contributed by atoms with Crippen molar-refractivity contribution in [2.45, 2.75) is 0 Å². The lowest BCUT2D eigenvalue weighted by Crippen LogP contribution is -2.01. The third kappa shape index (κ3) is 0.855. The van der Waals surface area contributed by atoms with E-state index in [1.165, 1.54) is 12.4 Å². The van der Waals surface area contributed by atoms with Crippen molar-refractivity contribution in [2.24, 2.45) is 0 Å². The lowest BCUT2D eigenvalue weighted by Gasteiger charge is -1.71. The van der Waals surface area contributed by atoms with Gasteiger partial charge in [-0.15, -0.1) is 0 Å². The summed E-state index contributed by atoms with van der Waals surface area (Å²) in [4.78, 5) is 15.9. The first-order valence-corrected chi connectivity index (χ1v) is 1.80. The smallest absolute Gasteiger partial charge is 0.273 e. The molecule has 1 aromatic heterocycles. The summed E-state index contributed by atoms with van der Waals surface area (Å²) in [6, 6.07) is 1.24.